The minimum absolute atomic E-state index is 0.207. The maximum atomic E-state index is 5.56. The van der Waals surface area contributed by atoms with Gasteiger partial charge in [0.05, 0.1) is 0 Å². The summed E-state index contributed by atoms with van der Waals surface area (Å²) in [6, 6.07) is 0. The van der Waals surface area contributed by atoms with Crippen molar-refractivity contribution >= 4 is 22.9 Å². The summed E-state index contributed by atoms with van der Waals surface area (Å²) in [5.74, 6) is 0. The molecule has 0 radical (unpaired) electrons. The number of hydrogen-bond acceptors (Lipinski definition) is 3. The fraction of sp³-hybridized carbons (Fsp3) is 1.00. The van der Waals surface area contributed by atoms with Gasteiger partial charge in [0.15, 0.2) is 0 Å². The first kappa shape index (κ1) is 15.6. The average Bonchev–Trinajstić information content (AvgIpc) is 2.01. The monoisotopic (exact) mass is 327 g/mol. The summed E-state index contributed by atoms with van der Waals surface area (Å²) in [5, 5.41) is 3.51. The number of nitrogens with two attached hydrogens (primary N) is 1. The number of nitrogens with zero attached hydrogens (tertiary/aromatic N) is 1. The molecule has 0 rings (SSSR count). The van der Waals surface area contributed by atoms with Crippen LogP contribution in [0.4, 0.5) is 0 Å². The van der Waals surface area contributed by atoms with E-state index >= 15 is 0 Å². The van der Waals surface area contributed by atoms with Crippen molar-refractivity contribution in [2.24, 2.45) is 5.73 Å². The van der Waals surface area contributed by atoms with Crippen LogP contribution in [0.25, 0.3) is 0 Å². The summed E-state index contributed by atoms with van der Waals surface area (Å²) >= 11 is 2.37. The third kappa shape index (κ3) is 7.49. The van der Waals surface area contributed by atoms with Crippen molar-refractivity contribution in [2.75, 3.05) is 19.6 Å². The lowest BCUT2D eigenvalue weighted by Crippen LogP contribution is -2.44. The first-order valence-electron chi connectivity index (χ1n) is 5.57. The van der Waals surface area contributed by atoms with Crippen molar-refractivity contribution in [1.82, 2.24) is 8.43 Å². The molecule has 0 spiro atoms. The van der Waals surface area contributed by atoms with Gasteiger partial charge in [-0.25, -0.2) is 3.11 Å². The molecule has 0 aliphatic heterocycles. The third-order valence-corrected chi connectivity index (χ3v) is 4.16. The highest BCUT2D eigenvalue weighted by Gasteiger charge is 2.24. The molecule has 4 heteroatoms. The predicted molar refractivity (Wildman–Crippen MR) is 76.2 cm³/mol. The van der Waals surface area contributed by atoms with E-state index in [1.165, 1.54) is 0 Å². The van der Waals surface area contributed by atoms with E-state index in [9.17, 15) is 0 Å². The second-order valence-corrected chi connectivity index (χ2v) is 6.78. The molecule has 0 aliphatic carbocycles. The fourth-order valence-electron chi connectivity index (χ4n) is 1.28. The molecular formula is C11H26IN3. The fourth-order valence-corrected chi connectivity index (χ4v) is 1.80. The summed E-state index contributed by atoms with van der Waals surface area (Å²) in [5.41, 5.74) is 5.98. The zero-order chi connectivity index (χ0) is 12.1. The number of halogens is 1. The van der Waals surface area contributed by atoms with Crippen LogP contribution < -0.4 is 11.1 Å². The van der Waals surface area contributed by atoms with Crippen molar-refractivity contribution in [2.45, 2.75) is 52.1 Å². The maximum absolute atomic E-state index is 5.56. The van der Waals surface area contributed by atoms with Gasteiger partial charge in [-0.1, -0.05) is 0 Å². The van der Waals surface area contributed by atoms with E-state index in [-0.39, 0.29) is 11.1 Å². The molecule has 0 amide bonds. The second-order valence-electron chi connectivity index (χ2n) is 5.61. The van der Waals surface area contributed by atoms with E-state index in [0.29, 0.717) is 0 Å². The summed E-state index contributed by atoms with van der Waals surface area (Å²) in [6.07, 6.45) is 1.13. The molecule has 15 heavy (non-hydrogen) atoms. The molecule has 92 valence electrons. The van der Waals surface area contributed by atoms with Gasteiger partial charge in [-0.15, -0.1) is 0 Å². The lowest BCUT2D eigenvalue weighted by atomic mass is 9.99. The Kier molecular flexibility index (Phi) is 6.63. The summed E-state index contributed by atoms with van der Waals surface area (Å²) in [7, 11) is 0. The molecule has 0 unspecified atom stereocenters. The molecule has 0 aliphatic rings. The van der Waals surface area contributed by atoms with Gasteiger partial charge in [-0.05, 0) is 47.6 Å². The molecule has 3 N–H and O–H groups in total. The molecule has 0 atom stereocenters. The topological polar surface area (TPSA) is 41.3 Å². The first-order chi connectivity index (χ1) is 6.69. The van der Waals surface area contributed by atoms with Crippen LogP contribution in [0.2, 0.25) is 0 Å². The van der Waals surface area contributed by atoms with Gasteiger partial charge in [-0.3, -0.25) is 0 Å². The lowest BCUT2D eigenvalue weighted by Gasteiger charge is -2.34. The molecule has 0 heterocycles. The Hall–Kier alpha value is 0.610. The Morgan fingerprint density at radius 2 is 1.73 bits per heavy atom. The molecule has 0 saturated carbocycles. The SMILES string of the molecule is CC(C)(C)NCCC(C)(C)N(I)CCN. The Bertz CT molecular complexity index is 175. The zero-order valence-electron chi connectivity index (χ0n) is 10.7. The first-order valence-corrected chi connectivity index (χ1v) is 6.54. The number of nitrogens with one attached hydrogen (secondary N) is 1. The smallest absolute Gasteiger partial charge is 0.0261 e. The standard InChI is InChI=1S/C11H26IN3/c1-10(2,3)14-8-6-11(4,5)15(12)9-7-13/h14H,6-9,13H2,1-5H3. The number of rotatable bonds is 6. The second kappa shape index (κ2) is 6.37. The molecule has 0 aromatic carbocycles. The minimum Gasteiger partial charge on any atom is -0.329 e. The Morgan fingerprint density at radius 3 is 2.13 bits per heavy atom. The minimum atomic E-state index is 0.207. The molecule has 0 aromatic heterocycles. The van der Waals surface area contributed by atoms with Gasteiger partial charge in [0, 0.05) is 47.0 Å². The highest BCUT2D eigenvalue weighted by Crippen LogP contribution is 2.22. The molecule has 3 nitrogen and oxygen atoms in total. The van der Waals surface area contributed by atoms with E-state index < -0.39 is 0 Å². The lowest BCUT2D eigenvalue weighted by molar-refractivity contribution is 0.248. The predicted octanol–water partition coefficient (Wildman–Crippen LogP) is 2.15. The Morgan fingerprint density at radius 1 is 1.20 bits per heavy atom. The van der Waals surface area contributed by atoms with Gasteiger partial charge in [0.25, 0.3) is 0 Å². The van der Waals surface area contributed by atoms with Gasteiger partial charge in [-0.2, -0.15) is 0 Å². The van der Waals surface area contributed by atoms with Crippen molar-refractivity contribution in [1.29, 1.82) is 0 Å². The molecule has 0 aromatic rings. The van der Waals surface area contributed by atoms with Gasteiger partial charge < -0.3 is 11.1 Å². The molecule has 0 bridgehead atoms. The molecule has 0 saturated heterocycles. The maximum Gasteiger partial charge on any atom is 0.0261 e. The van der Waals surface area contributed by atoms with Crippen LogP contribution in [0.1, 0.15) is 41.0 Å². The van der Waals surface area contributed by atoms with Crippen LogP contribution in [-0.4, -0.2) is 33.8 Å². The highest BCUT2D eigenvalue weighted by atomic mass is 127. The average molecular weight is 327 g/mol. The summed E-state index contributed by atoms with van der Waals surface area (Å²) < 4.78 is 2.30. The van der Waals surface area contributed by atoms with E-state index in [4.69, 9.17) is 5.73 Å². The van der Waals surface area contributed by atoms with Crippen molar-refractivity contribution < 1.29 is 0 Å². The van der Waals surface area contributed by atoms with E-state index in [0.717, 1.165) is 26.1 Å². The zero-order valence-corrected chi connectivity index (χ0v) is 12.9. The van der Waals surface area contributed by atoms with Crippen LogP contribution in [-0.2, 0) is 0 Å². The van der Waals surface area contributed by atoms with Crippen LogP contribution >= 0.6 is 22.9 Å². The third-order valence-electron chi connectivity index (χ3n) is 2.37. The largest absolute Gasteiger partial charge is 0.329 e. The highest BCUT2D eigenvalue weighted by molar-refractivity contribution is 14.1. The van der Waals surface area contributed by atoms with Crippen molar-refractivity contribution in [3.8, 4) is 0 Å². The van der Waals surface area contributed by atoms with Gasteiger partial charge in [0.1, 0.15) is 0 Å². The number of hydrogen-bond donors (Lipinski definition) is 2. The normalized spacial score (nSPS) is 13.6. The van der Waals surface area contributed by atoms with E-state index in [2.05, 4.69) is 65.9 Å². The van der Waals surface area contributed by atoms with Crippen LogP contribution in [0, 0.1) is 0 Å². The van der Waals surface area contributed by atoms with Crippen LogP contribution in [0.5, 0.6) is 0 Å². The van der Waals surface area contributed by atoms with Crippen molar-refractivity contribution in [3.05, 3.63) is 0 Å². The Balaban J connectivity index is 3.93. The van der Waals surface area contributed by atoms with E-state index in [1.807, 2.05) is 0 Å². The van der Waals surface area contributed by atoms with Crippen molar-refractivity contribution in [3.63, 3.8) is 0 Å². The van der Waals surface area contributed by atoms with Gasteiger partial charge >= 0.3 is 0 Å². The van der Waals surface area contributed by atoms with Crippen LogP contribution in [0.15, 0.2) is 0 Å². The summed E-state index contributed by atoms with van der Waals surface area (Å²) in [6.45, 7) is 13.8. The van der Waals surface area contributed by atoms with Crippen LogP contribution in [0.3, 0.4) is 0 Å². The quantitative estimate of drug-likeness (QED) is 0.580. The summed E-state index contributed by atoms with van der Waals surface area (Å²) in [4.78, 5) is 0. The van der Waals surface area contributed by atoms with Gasteiger partial charge in [0.2, 0.25) is 0 Å². The van der Waals surface area contributed by atoms with E-state index in [1.54, 1.807) is 0 Å². The molecular weight excluding hydrogens is 301 g/mol. The Labute approximate surface area is 109 Å². The molecule has 0 fully saturated rings.